The van der Waals surface area contributed by atoms with Gasteiger partial charge in [-0.1, -0.05) is 0 Å². The van der Waals surface area contributed by atoms with Crippen molar-refractivity contribution in [2.45, 2.75) is 24.9 Å². The molecular formula is C8H10O6. The van der Waals surface area contributed by atoms with Crippen molar-refractivity contribution in [2.24, 2.45) is 0 Å². The summed E-state index contributed by atoms with van der Waals surface area (Å²) in [7, 11) is 0. The van der Waals surface area contributed by atoms with E-state index in [1.54, 1.807) is 0 Å². The van der Waals surface area contributed by atoms with E-state index in [0.29, 0.717) is 0 Å². The minimum absolute atomic E-state index is 0.338. The highest BCUT2D eigenvalue weighted by molar-refractivity contribution is 5.72. The van der Waals surface area contributed by atoms with E-state index in [1.165, 1.54) is 5.94 Å². The van der Waals surface area contributed by atoms with Gasteiger partial charge in [0.1, 0.15) is 5.94 Å². The molecule has 6 nitrogen and oxygen atoms in total. The molecule has 0 aromatic heterocycles. The highest BCUT2D eigenvalue weighted by atomic mass is 16.4. The van der Waals surface area contributed by atoms with Crippen molar-refractivity contribution in [2.75, 3.05) is 0 Å². The van der Waals surface area contributed by atoms with Crippen molar-refractivity contribution in [3.05, 3.63) is 6.08 Å². The summed E-state index contributed by atoms with van der Waals surface area (Å²) < 4.78 is 0. The van der Waals surface area contributed by atoms with E-state index in [0.717, 1.165) is 6.08 Å². The highest BCUT2D eigenvalue weighted by Gasteiger charge is 2.31. The van der Waals surface area contributed by atoms with Gasteiger partial charge in [-0.3, -0.25) is 9.59 Å². The highest BCUT2D eigenvalue weighted by Crippen LogP contribution is 2.20. The first-order valence-corrected chi connectivity index (χ1v) is 3.75. The number of hydrogen-bond donors (Lipinski definition) is 3. The number of carboxylic acids is 2. The molecule has 0 bridgehead atoms. The van der Waals surface area contributed by atoms with Crippen molar-refractivity contribution in [3.63, 3.8) is 0 Å². The second-order valence-electron chi connectivity index (χ2n) is 2.89. The van der Waals surface area contributed by atoms with Crippen LogP contribution in [0.3, 0.4) is 0 Å². The molecule has 0 saturated carbocycles. The van der Waals surface area contributed by atoms with E-state index in [4.69, 9.17) is 10.2 Å². The summed E-state index contributed by atoms with van der Waals surface area (Å²) in [5.41, 5.74) is -1.92. The molecule has 6 heteroatoms. The van der Waals surface area contributed by atoms with Crippen LogP contribution in [0, 0.1) is 0 Å². The van der Waals surface area contributed by atoms with Crippen molar-refractivity contribution in [3.8, 4) is 0 Å². The molecule has 0 saturated heterocycles. The zero-order valence-corrected chi connectivity index (χ0v) is 7.27. The summed E-state index contributed by atoms with van der Waals surface area (Å²) in [6.45, 7) is 0. The van der Waals surface area contributed by atoms with Gasteiger partial charge in [0.25, 0.3) is 0 Å². The van der Waals surface area contributed by atoms with Crippen LogP contribution in [0.15, 0.2) is 6.08 Å². The van der Waals surface area contributed by atoms with Gasteiger partial charge in [-0.2, -0.15) is 0 Å². The fourth-order valence-electron chi connectivity index (χ4n) is 1.00. The Balaban J connectivity index is 4.55. The van der Waals surface area contributed by atoms with Crippen molar-refractivity contribution in [1.29, 1.82) is 0 Å². The molecular weight excluding hydrogens is 192 g/mol. The smallest absolute Gasteiger partial charge is 0.306 e. The van der Waals surface area contributed by atoms with E-state index in [-0.39, 0.29) is 6.42 Å². The van der Waals surface area contributed by atoms with Crippen LogP contribution in [0.25, 0.3) is 0 Å². The zero-order valence-electron chi connectivity index (χ0n) is 7.27. The van der Waals surface area contributed by atoms with Crippen LogP contribution in [-0.2, 0) is 14.4 Å². The quantitative estimate of drug-likeness (QED) is 0.498. The lowest BCUT2D eigenvalue weighted by Crippen LogP contribution is -2.34. The van der Waals surface area contributed by atoms with Gasteiger partial charge in [-0.15, -0.1) is 0 Å². The van der Waals surface area contributed by atoms with E-state index < -0.39 is 30.4 Å². The largest absolute Gasteiger partial charge is 0.481 e. The molecule has 0 radical (unpaired) electrons. The summed E-state index contributed by atoms with van der Waals surface area (Å²) in [4.78, 5) is 30.4. The van der Waals surface area contributed by atoms with Crippen LogP contribution in [0.5, 0.6) is 0 Å². The molecule has 0 fully saturated rings. The zero-order chi connectivity index (χ0) is 11.2. The molecule has 0 amide bonds. The van der Waals surface area contributed by atoms with Crippen molar-refractivity contribution < 1.29 is 29.7 Å². The van der Waals surface area contributed by atoms with Gasteiger partial charge in [0.05, 0.1) is 18.4 Å². The molecule has 0 heterocycles. The SMILES string of the molecule is O=C=CCC(O)(CC(=O)O)CC(=O)O. The van der Waals surface area contributed by atoms with E-state index in [2.05, 4.69) is 0 Å². The van der Waals surface area contributed by atoms with Crippen LogP contribution in [0.4, 0.5) is 0 Å². The Kier molecular flexibility index (Phi) is 4.55. The molecule has 0 spiro atoms. The standard InChI is InChI=1S/C8H10O6/c9-3-1-2-8(14,4-6(10)11)5-7(12)13/h1,14H,2,4-5H2,(H,10,11)(H,12,13). The topological polar surface area (TPSA) is 112 Å². The maximum Gasteiger partial charge on any atom is 0.306 e. The third kappa shape index (κ3) is 5.08. The van der Waals surface area contributed by atoms with Gasteiger partial charge in [0.2, 0.25) is 0 Å². The molecule has 0 aliphatic carbocycles. The fourth-order valence-corrected chi connectivity index (χ4v) is 1.00. The summed E-state index contributed by atoms with van der Waals surface area (Å²) >= 11 is 0. The molecule has 0 aromatic rings. The van der Waals surface area contributed by atoms with Gasteiger partial charge in [0.15, 0.2) is 0 Å². The average molecular weight is 202 g/mol. The predicted octanol–water partition coefficient (Wildman–Crippen LogP) is -0.555. The molecule has 78 valence electrons. The third-order valence-corrected chi connectivity index (χ3v) is 1.53. The fraction of sp³-hybridized carbons (Fsp3) is 0.500. The minimum atomic E-state index is -1.92. The maximum absolute atomic E-state index is 10.3. The van der Waals surface area contributed by atoms with Crippen LogP contribution < -0.4 is 0 Å². The van der Waals surface area contributed by atoms with Crippen LogP contribution in [0.2, 0.25) is 0 Å². The van der Waals surface area contributed by atoms with Crippen LogP contribution in [0.1, 0.15) is 19.3 Å². The molecule has 0 aliphatic rings. The number of aliphatic hydroxyl groups is 1. The van der Waals surface area contributed by atoms with E-state index in [1.807, 2.05) is 0 Å². The van der Waals surface area contributed by atoms with E-state index in [9.17, 15) is 19.5 Å². The summed E-state index contributed by atoms with van der Waals surface area (Å²) in [6.07, 6.45) is -0.921. The molecule has 0 rings (SSSR count). The summed E-state index contributed by atoms with van der Waals surface area (Å²) in [5.74, 6) is -1.30. The first-order chi connectivity index (χ1) is 6.39. The maximum atomic E-state index is 10.3. The first kappa shape index (κ1) is 12.3. The summed E-state index contributed by atoms with van der Waals surface area (Å²) in [5, 5.41) is 26.3. The van der Waals surface area contributed by atoms with Gasteiger partial charge in [-0.25, -0.2) is 4.79 Å². The van der Waals surface area contributed by atoms with Gasteiger partial charge in [0, 0.05) is 12.5 Å². The van der Waals surface area contributed by atoms with Gasteiger partial charge < -0.3 is 15.3 Å². The number of hydrogen-bond acceptors (Lipinski definition) is 4. The van der Waals surface area contributed by atoms with Gasteiger partial charge >= 0.3 is 11.9 Å². The average Bonchev–Trinajstić information content (AvgIpc) is 1.97. The molecule has 3 N–H and O–H groups in total. The Morgan fingerprint density at radius 3 is 1.93 bits per heavy atom. The van der Waals surface area contributed by atoms with Crippen molar-refractivity contribution >= 4 is 17.9 Å². The second kappa shape index (κ2) is 5.16. The summed E-state index contributed by atoms with van der Waals surface area (Å²) in [6, 6.07) is 0. The monoisotopic (exact) mass is 202 g/mol. The lowest BCUT2D eigenvalue weighted by Gasteiger charge is -2.21. The number of aliphatic carboxylic acids is 2. The lowest BCUT2D eigenvalue weighted by molar-refractivity contribution is -0.148. The molecule has 0 aliphatic heterocycles. The Hall–Kier alpha value is -1.65. The molecule has 0 unspecified atom stereocenters. The van der Waals surface area contributed by atoms with E-state index >= 15 is 0 Å². The molecule has 0 aromatic carbocycles. The second-order valence-corrected chi connectivity index (χ2v) is 2.89. The normalized spacial score (nSPS) is 10.4. The number of rotatable bonds is 6. The predicted molar refractivity (Wildman–Crippen MR) is 44.3 cm³/mol. The molecule has 14 heavy (non-hydrogen) atoms. The minimum Gasteiger partial charge on any atom is -0.481 e. The molecule has 0 atom stereocenters. The number of carbonyl (C=O) groups excluding carboxylic acids is 1. The van der Waals surface area contributed by atoms with Crippen LogP contribution >= 0.6 is 0 Å². The number of carboxylic acid groups (broad SMARTS) is 2. The Morgan fingerprint density at radius 2 is 1.64 bits per heavy atom. The Morgan fingerprint density at radius 1 is 1.21 bits per heavy atom. The van der Waals surface area contributed by atoms with Crippen LogP contribution in [-0.4, -0.2) is 38.8 Å². The lowest BCUT2D eigenvalue weighted by atomic mass is 9.92. The third-order valence-electron chi connectivity index (χ3n) is 1.53. The Labute approximate surface area is 79.5 Å². The van der Waals surface area contributed by atoms with Gasteiger partial charge in [-0.05, 0) is 0 Å². The van der Waals surface area contributed by atoms with Crippen molar-refractivity contribution in [1.82, 2.24) is 0 Å². The first-order valence-electron chi connectivity index (χ1n) is 3.75. The number of carbonyl (C=O) groups is 2. The Bertz CT molecular complexity index is 251.